The number of carbonyl (C=O) groups excluding carboxylic acids is 1. The maximum Gasteiger partial charge on any atom is 0.269 e. The highest BCUT2D eigenvalue weighted by atomic mass is 16.6. The fraction of sp³-hybridized carbons (Fsp3) is 0.143. The number of pyridine rings is 1. The van der Waals surface area contributed by atoms with Gasteiger partial charge in [0.2, 0.25) is 0 Å². The third kappa shape index (κ3) is 3.76. The summed E-state index contributed by atoms with van der Waals surface area (Å²) in [4.78, 5) is 21.8. The standard InChI is InChI=1S/C14H13N3O5/c18-13(10-3-5-12(6-4-10)17(21)22)8-15-14(19)11-2-1-7-16(20)9-11/h1-7,9,13,18H,8H2,(H,15,19)/t13-/m1/s1. The largest absolute Gasteiger partial charge is 0.619 e. The van der Waals surface area contributed by atoms with Crippen LogP contribution >= 0.6 is 0 Å². The summed E-state index contributed by atoms with van der Waals surface area (Å²) in [6.45, 7) is -0.0790. The highest BCUT2D eigenvalue weighted by Gasteiger charge is 2.13. The lowest BCUT2D eigenvalue weighted by Gasteiger charge is -2.12. The molecule has 0 saturated carbocycles. The molecule has 1 aromatic carbocycles. The van der Waals surface area contributed by atoms with Crippen molar-refractivity contribution in [2.24, 2.45) is 0 Å². The highest BCUT2D eigenvalue weighted by molar-refractivity contribution is 5.93. The van der Waals surface area contributed by atoms with Gasteiger partial charge in [-0.1, -0.05) is 0 Å². The normalized spacial score (nSPS) is 11.7. The van der Waals surface area contributed by atoms with Crippen molar-refractivity contribution in [2.75, 3.05) is 6.54 Å². The Labute approximate surface area is 125 Å². The summed E-state index contributed by atoms with van der Waals surface area (Å²) in [5, 5.41) is 34.0. The number of non-ortho nitro benzene ring substituents is 1. The average molecular weight is 303 g/mol. The van der Waals surface area contributed by atoms with Gasteiger partial charge in [0.15, 0.2) is 12.4 Å². The molecule has 0 aliphatic rings. The molecule has 1 amide bonds. The number of hydrogen-bond acceptors (Lipinski definition) is 5. The zero-order valence-electron chi connectivity index (χ0n) is 11.4. The summed E-state index contributed by atoms with van der Waals surface area (Å²) in [5.41, 5.74) is 0.538. The Balaban J connectivity index is 1.96. The number of carbonyl (C=O) groups is 1. The van der Waals surface area contributed by atoms with Crippen LogP contribution in [0.1, 0.15) is 22.0 Å². The third-order valence-electron chi connectivity index (χ3n) is 2.98. The maximum absolute atomic E-state index is 11.8. The van der Waals surface area contributed by atoms with Crippen LogP contribution in [-0.4, -0.2) is 22.5 Å². The van der Waals surface area contributed by atoms with Crippen molar-refractivity contribution in [1.82, 2.24) is 5.32 Å². The van der Waals surface area contributed by atoms with E-state index < -0.39 is 16.9 Å². The monoisotopic (exact) mass is 303 g/mol. The number of nitro benzene ring substituents is 1. The van der Waals surface area contributed by atoms with Crippen molar-refractivity contribution < 1.29 is 19.6 Å². The Morgan fingerprint density at radius 3 is 2.59 bits per heavy atom. The highest BCUT2D eigenvalue weighted by Crippen LogP contribution is 2.17. The van der Waals surface area contributed by atoms with Gasteiger partial charge < -0.3 is 15.6 Å². The minimum Gasteiger partial charge on any atom is -0.619 e. The van der Waals surface area contributed by atoms with Crippen LogP contribution in [0.3, 0.4) is 0 Å². The number of benzene rings is 1. The van der Waals surface area contributed by atoms with Gasteiger partial charge in [-0.05, 0) is 23.8 Å². The van der Waals surface area contributed by atoms with E-state index in [0.717, 1.165) is 6.20 Å². The minimum absolute atomic E-state index is 0.0790. The van der Waals surface area contributed by atoms with E-state index in [1.165, 1.54) is 42.6 Å². The second-order valence-corrected chi connectivity index (χ2v) is 4.53. The topological polar surface area (TPSA) is 119 Å². The van der Waals surface area contributed by atoms with Crippen LogP contribution in [0, 0.1) is 15.3 Å². The zero-order valence-corrected chi connectivity index (χ0v) is 11.4. The lowest BCUT2D eigenvalue weighted by Crippen LogP contribution is -2.32. The van der Waals surface area contributed by atoms with Crippen molar-refractivity contribution in [2.45, 2.75) is 6.10 Å². The average Bonchev–Trinajstić information content (AvgIpc) is 2.52. The Morgan fingerprint density at radius 1 is 1.32 bits per heavy atom. The molecule has 22 heavy (non-hydrogen) atoms. The van der Waals surface area contributed by atoms with E-state index >= 15 is 0 Å². The van der Waals surface area contributed by atoms with E-state index in [-0.39, 0.29) is 17.8 Å². The molecule has 8 heteroatoms. The first-order chi connectivity index (χ1) is 10.5. The molecule has 0 aliphatic carbocycles. The number of rotatable bonds is 5. The van der Waals surface area contributed by atoms with Crippen LogP contribution in [0.5, 0.6) is 0 Å². The molecular weight excluding hydrogens is 290 g/mol. The fourth-order valence-electron chi connectivity index (χ4n) is 1.82. The second kappa shape index (κ2) is 6.64. The first-order valence-corrected chi connectivity index (χ1v) is 6.37. The van der Waals surface area contributed by atoms with Gasteiger partial charge in [0.25, 0.3) is 11.6 Å². The molecule has 1 atom stereocenters. The molecular formula is C14H13N3O5. The number of amides is 1. The molecule has 1 heterocycles. The van der Waals surface area contributed by atoms with E-state index in [0.29, 0.717) is 10.3 Å². The molecule has 0 saturated heterocycles. The molecule has 114 valence electrons. The van der Waals surface area contributed by atoms with Crippen molar-refractivity contribution in [3.63, 3.8) is 0 Å². The lowest BCUT2D eigenvalue weighted by atomic mass is 10.1. The predicted octanol–water partition coefficient (Wildman–Crippen LogP) is 0.692. The summed E-state index contributed by atoms with van der Waals surface area (Å²) in [5.74, 6) is -0.494. The Hall–Kier alpha value is -3.00. The van der Waals surface area contributed by atoms with Gasteiger partial charge in [-0.2, -0.15) is 4.73 Å². The van der Waals surface area contributed by atoms with Gasteiger partial charge in [-0.25, -0.2) is 0 Å². The number of aromatic nitrogens is 1. The summed E-state index contributed by atoms with van der Waals surface area (Å²) in [7, 11) is 0. The van der Waals surface area contributed by atoms with Crippen molar-refractivity contribution in [1.29, 1.82) is 0 Å². The van der Waals surface area contributed by atoms with Gasteiger partial charge in [-0.15, -0.1) is 0 Å². The van der Waals surface area contributed by atoms with Gasteiger partial charge in [0.1, 0.15) is 5.56 Å². The van der Waals surface area contributed by atoms with E-state index in [1.807, 2.05) is 0 Å². The Bertz CT molecular complexity index is 687. The number of nitro groups is 1. The van der Waals surface area contributed by atoms with Crippen LogP contribution in [0.2, 0.25) is 0 Å². The Morgan fingerprint density at radius 2 is 2.00 bits per heavy atom. The van der Waals surface area contributed by atoms with Crippen LogP contribution in [0.4, 0.5) is 5.69 Å². The van der Waals surface area contributed by atoms with Crippen LogP contribution < -0.4 is 10.0 Å². The molecule has 0 radical (unpaired) electrons. The minimum atomic E-state index is -1.01. The molecule has 2 aromatic rings. The summed E-state index contributed by atoms with van der Waals surface area (Å²) >= 11 is 0. The molecule has 1 aromatic heterocycles. The number of aliphatic hydroxyl groups is 1. The zero-order chi connectivity index (χ0) is 16.1. The van der Waals surface area contributed by atoms with E-state index in [1.54, 1.807) is 0 Å². The second-order valence-electron chi connectivity index (χ2n) is 4.53. The number of aliphatic hydroxyl groups excluding tert-OH is 1. The Kier molecular flexibility index (Phi) is 4.64. The van der Waals surface area contributed by atoms with E-state index in [4.69, 9.17) is 0 Å². The summed E-state index contributed by atoms with van der Waals surface area (Å²) < 4.78 is 0.502. The molecule has 0 bridgehead atoms. The molecule has 0 unspecified atom stereocenters. The van der Waals surface area contributed by atoms with Gasteiger partial charge in [-0.3, -0.25) is 14.9 Å². The van der Waals surface area contributed by atoms with Crippen LogP contribution in [-0.2, 0) is 0 Å². The molecule has 0 aliphatic heterocycles. The first kappa shape index (κ1) is 15.4. The van der Waals surface area contributed by atoms with Crippen LogP contribution in [0.25, 0.3) is 0 Å². The smallest absolute Gasteiger partial charge is 0.269 e. The van der Waals surface area contributed by atoms with Crippen molar-refractivity contribution in [3.05, 3.63) is 75.2 Å². The molecule has 2 N–H and O–H groups in total. The number of nitrogens with zero attached hydrogens (tertiary/aromatic N) is 2. The molecule has 8 nitrogen and oxygen atoms in total. The number of hydrogen-bond donors (Lipinski definition) is 2. The molecule has 2 rings (SSSR count). The van der Waals surface area contributed by atoms with E-state index in [9.17, 15) is 25.2 Å². The van der Waals surface area contributed by atoms with Crippen molar-refractivity contribution >= 4 is 11.6 Å². The van der Waals surface area contributed by atoms with Crippen molar-refractivity contribution in [3.8, 4) is 0 Å². The van der Waals surface area contributed by atoms with Gasteiger partial charge in [0, 0.05) is 24.7 Å². The third-order valence-corrected chi connectivity index (χ3v) is 2.98. The number of nitrogens with one attached hydrogen (secondary N) is 1. The fourth-order valence-corrected chi connectivity index (χ4v) is 1.82. The maximum atomic E-state index is 11.8. The van der Waals surface area contributed by atoms with Crippen LogP contribution in [0.15, 0.2) is 48.8 Å². The predicted molar refractivity (Wildman–Crippen MR) is 75.8 cm³/mol. The first-order valence-electron chi connectivity index (χ1n) is 6.37. The summed E-state index contributed by atoms with van der Waals surface area (Å²) in [6, 6.07) is 8.30. The van der Waals surface area contributed by atoms with Gasteiger partial charge in [0.05, 0.1) is 11.0 Å². The van der Waals surface area contributed by atoms with Gasteiger partial charge >= 0.3 is 0 Å². The van der Waals surface area contributed by atoms with E-state index in [2.05, 4.69) is 5.32 Å². The SMILES string of the molecule is O=C(NC[C@@H](O)c1ccc([N+](=O)[O-])cc1)c1ccc[n+]([O-])c1. The lowest BCUT2D eigenvalue weighted by molar-refractivity contribution is -0.605. The molecule has 0 spiro atoms. The summed E-state index contributed by atoms with van der Waals surface area (Å²) in [6.07, 6.45) is 1.36. The quantitative estimate of drug-likeness (QED) is 0.364. The molecule has 0 fully saturated rings.